The first kappa shape index (κ1) is 10.4. The van der Waals surface area contributed by atoms with Crippen molar-refractivity contribution in [1.29, 1.82) is 0 Å². The van der Waals surface area contributed by atoms with Gasteiger partial charge in [-0.05, 0) is 35.9 Å². The van der Waals surface area contributed by atoms with Crippen LogP contribution in [0.25, 0.3) is 0 Å². The number of rotatable bonds is 3. The summed E-state index contributed by atoms with van der Waals surface area (Å²) in [5.74, 6) is 1.55. The predicted molar refractivity (Wildman–Crippen MR) is 61.9 cm³/mol. The van der Waals surface area contributed by atoms with E-state index in [-0.39, 0.29) is 0 Å². The van der Waals surface area contributed by atoms with Gasteiger partial charge in [0.2, 0.25) is 0 Å². The molecule has 0 aliphatic rings. The van der Waals surface area contributed by atoms with Gasteiger partial charge in [0.1, 0.15) is 5.76 Å². The molecule has 0 aromatic carbocycles. The molecule has 5 heteroatoms. The molecule has 0 aliphatic heterocycles. The number of aromatic nitrogens is 1. The van der Waals surface area contributed by atoms with Crippen molar-refractivity contribution in [1.82, 2.24) is 4.98 Å². The summed E-state index contributed by atoms with van der Waals surface area (Å²) in [6.07, 6.45) is 1.64. The van der Waals surface area contributed by atoms with E-state index in [1.807, 2.05) is 18.2 Å². The third kappa shape index (κ3) is 2.91. The van der Waals surface area contributed by atoms with Crippen LogP contribution in [0.2, 0.25) is 5.22 Å². The minimum Gasteiger partial charge on any atom is -0.449 e. The number of anilines is 1. The first-order chi connectivity index (χ1) is 7.24. The highest BCUT2D eigenvalue weighted by atomic mass is 35.5. The lowest BCUT2D eigenvalue weighted by molar-refractivity contribution is 0.532. The average Bonchev–Trinajstić information content (AvgIpc) is 2.64. The van der Waals surface area contributed by atoms with Gasteiger partial charge in [-0.15, -0.1) is 0 Å². The fraction of sp³-hybridized carbons (Fsp3) is 0.100. The van der Waals surface area contributed by atoms with Crippen molar-refractivity contribution in [2.45, 2.75) is 10.8 Å². The van der Waals surface area contributed by atoms with Crippen molar-refractivity contribution >= 4 is 29.1 Å². The van der Waals surface area contributed by atoms with E-state index in [1.54, 1.807) is 24.0 Å². The Labute approximate surface area is 96.6 Å². The Morgan fingerprint density at radius 2 is 2.20 bits per heavy atom. The van der Waals surface area contributed by atoms with E-state index in [0.717, 1.165) is 10.8 Å². The first-order valence-corrected chi connectivity index (χ1v) is 5.69. The van der Waals surface area contributed by atoms with Crippen LogP contribution in [0.3, 0.4) is 0 Å². The molecule has 0 saturated heterocycles. The van der Waals surface area contributed by atoms with Crippen LogP contribution in [-0.4, -0.2) is 4.98 Å². The van der Waals surface area contributed by atoms with Crippen molar-refractivity contribution in [3.8, 4) is 0 Å². The lowest BCUT2D eigenvalue weighted by Gasteiger charge is -1.98. The number of pyridine rings is 1. The first-order valence-electron chi connectivity index (χ1n) is 4.32. The van der Waals surface area contributed by atoms with E-state index in [4.69, 9.17) is 21.8 Å². The minimum absolute atomic E-state index is 0.413. The number of hydrogen-bond donors (Lipinski definition) is 1. The smallest absolute Gasteiger partial charge is 0.193 e. The zero-order valence-corrected chi connectivity index (χ0v) is 9.39. The standard InChI is InChI=1S/C10H9ClN2OS/c11-9-3-2-8(14-9)6-15-10-4-1-7(12)5-13-10/h1-5H,6,12H2. The van der Waals surface area contributed by atoms with E-state index >= 15 is 0 Å². The Kier molecular flexibility index (Phi) is 3.18. The summed E-state index contributed by atoms with van der Waals surface area (Å²) in [7, 11) is 0. The van der Waals surface area contributed by atoms with Crippen LogP contribution >= 0.6 is 23.4 Å². The highest BCUT2D eigenvalue weighted by Gasteiger charge is 2.01. The van der Waals surface area contributed by atoms with Gasteiger partial charge in [-0.3, -0.25) is 0 Å². The summed E-state index contributed by atoms with van der Waals surface area (Å²) in [6, 6.07) is 7.29. The van der Waals surface area contributed by atoms with E-state index in [9.17, 15) is 0 Å². The number of furan rings is 1. The largest absolute Gasteiger partial charge is 0.449 e. The molecule has 0 bridgehead atoms. The topological polar surface area (TPSA) is 52.0 Å². The summed E-state index contributed by atoms with van der Waals surface area (Å²) >= 11 is 7.23. The molecule has 2 N–H and O–H groups in total. The van der Waals surface area contributed by atoms with Crippen LogP contribution in [0.1, 0.15) is 5.76 Å². The quantitative estimate of drug-likeness (QED) is 0.837. The van der Waals surface area contributed by atoms with Crippen LogP contribution in [0, 0.1) is 0 Å². The predicted octanol–water partition coefficient (Wildman–Crippen LogP) is 3.20. The van der Waals surface area contributed by atoms with Crippen molar-refractivity contribution in [2.75, 3.05) is 5.73 Å². The normalized spacial score (nSPS) is 10.5. The Balaban J connectivity index is 1.96. The van der Waals surface area contributed by atoms with Gasteiger partial charge in [0.05, 0.1) is 22.7 Å². The van der Waals surface area contributed by atoms with Crippen LogP contribution in [0.5, 0.6) is 0 Å². The van der Waals surface area contributed by atoms with E-state index in [1.165, 1.54) is 0 Å². The fourth-order valence-corrected chi connectivity index (χ4v) is 1.95. The molecule has 2 heterocycles. The minimum atomic E-state index is 0.413. The van der Waals surface area contributed by atoms with Gasteiger partial charge in [-0.25, -0.2) is 4.98 Å². The molecule has 3 nitrogen and oxygen atoms in total. The second kappa shape index (κ2) is 4.59. The maximum Gasteiger partial charge on any atom is 0.193 e. The number of nitrogens with two attached hydrogens (primary N) is 1. The number of hydrogen-bond acceptors (Lipinski definition) is 4. The molecule has 0 fully saturated rings. The van der Waals surface area contributed by atoms with Crippen LogP contribution < -0.4 is 5.73 Å². The number of nitrogens with zero attached hydrogens (tertiary/aromatic N) is 1. The lowest BCUT2D eigenvalue weighted by Crippen LogP contribution is -1.86. The molecule has 0 aliphatic carbocycles. The Hall–Kier alpha value is -1.13. The summed E-state index contributed by atoms with van der Waals surface area (Å²) in [5, 5.41) is 1.33. The van der Waals surface area contributed by atoms with Crippen molar-refractivity contribution in [2.24, 2.45) is 0 Å². The molecule has 0 amide bonds. The molecular weight excluding hydrogens is 232 g/mol. The zero-order chi connectivity index (χ0) is 10.7. The number of nitrogen functional groups attached to an aromatic ring is 1. The van der Waals surface area contributed by atoms with Crippen molar-refractivity contribution in [3.63, 3.8) is 0 Å². The third-order valence-corrected chi connectivity index (χ3v) is 2.92. The van der Waals surface area contributed by atoms with Gasteiger partial charge in [-0.2, -0.15) is 0 Å². The second-order valence-corrected chi connectivity index (χ2v) is 4.29. The van der Waals surface area contributed by atoms with Gasteiger partial charge in [-0.1, -0.05) is 11.8 Å². The van der Waals surface area contributed by atoms with Crippen LogP contribution in [-0.2, 0) is 5.75 Å². The molecule has 0 atom stereocenters. The SMILES string of the molecule is Nc1ccc(SCc2ccc(Cl)o2)nc1. The molecule has 2 aromatic heterocycles. The van der Waals surface area contributed by atoms with Crippen LogP contribution in [0.4, 0.5) is 5.69 Å². The van der Waals surface area contributed by atoms with Gasteiger partial charge >= 0.3 is 0 Å². The maximum absolute atomic E-state index is 5.65. The van der Waals surface area contributed by atoms with E-state index < -0.39 is 0 Å². The molecule has 2 rings (SSSR count). The summed E-state index contributed by atoms with van der Waals surface area (Å²) < 4.78 is 5.22. The van der Waals surface area contributed by atoms with Gasteiger partial charge in [0.15, 0.2) is 5.22 Å². The molecular formula is C10H9ClN2OS. The number of halogens is 1. The molecule has 0 radical (unpaired) electrons. The Bertz CT molecular complexity index is 441. The van der Waals surface area contributed by atoms with E-state index in [0.29, 0.717) is 16.7 Å². The molecule has 0 unspecified atom stereocenters. The van der Waals surface area contributed by atoms with Gasteiger partial charge in [0, 0.05) is 0 Å². The molecule has 15 heavy (non-hydrogen) atoms. The second-order valence-electron chi connectivity index (χ2n) is 2.92. The van der Waals surface area contributed by atoms with Crippen molar-refractivity contribution < 1.29 is 4.42 Å². The zero-order valence-electron chi connectivity index (χ0n) is 7.81. The summed E-state index contributed by atoms with van der Waals surface area (Å²) in [6.45, 7) is 0. The monoisotopic (exact) mass is 240 g/mol. The van der Waals surface area contributed by atoms with Gasteiger partial charge in [0.25, 0.3) is 0 Å². The van der Waals surface area contributed by atoms with E-state index in [2.05, 4.69) is 4.98 Å². The fourth-order valence-electron chi connectivity index (χ4n) is 1.05. The molecule has 2 aromatic rings. The van der Waals surface area contributed by atoms with Crippen molar-refractivity contribution in [3.05, 3.63) is 41.4 Å². The van der Waals surface area contributed by atoms with Crippen LogP contribution in [0.15, 0.2) is 39.9 Å². The molecule has 78 valence electrons. The Morgan fingerprint density at radius 3 is 2.80 bits per heavy atom. The summed E-state index contributed by atoms with van der Waals surface area (Å²) in [4.78, 5) is 4.16. The molecule has 0 spiro atoms. The van der Waals surface area contributed by atoms with Gasteiger partial charge < -0.3 is 10.2 Å². The Morgan fingerprint density at radius 1 is 1.33 bits per heavy atom. The maximum atomic E-state index is 5.65. The number of thioether (sulfide) groups is 1. The lowest BCUT2D eigenvalue weighted by atomic mass is 10.4. The third-order valence-electron chi connectivity index (χ3n) is 1.75. The summed E-state index contributed by atoms with van der Waals surface area (Å²) in [5.41, 5.74) is 6.20. The highest BCUT2D eigenvalue weighted by molar-refractivity contribution is 7.98. The molecule has 0 saturated carbocycles. The highest BCUT2D eigenvalue weighted by Crippen LogP contribution is 2.23. The average molecular weight is 241 g/mol.